The summed E-state index contributed by atoms with van der Waals surface area (Å²) >= 11 is 0. The minimum atomic E-state index is -0.363. The van der Waals surface area contributed by atoms with Gasteiger partial charge in [0.2, 0.25) is 0 Å². The summed E-state index contributed by atoms with van der Waals surface area (Å²) in [7, 11) is 0. The van der Waals surface area contributed by atoms with Gasteiger partial charge < -0.3 is 9.84 Å². The Morgan fingerprint density at radius 3 is 2.65 bits per heavy atom. The number of benzene rings is 1. The molecule has 17 heavy (non-hydrogen) atoms. The lowest BCUT2D eigenvalue weighted by Gasteiger charge is -2.09. The quantitative estimate of drug-likeness (QED) is 0.799. The number of hydrogen-bond acceptors (Lipinski definition) is 4. The zero-order valence-corrected chi connectivity index (χ0v) is 9.99. The van der Waals surface area contributed by atoms with Crippen LogP contribution in [-0.2, 0) is 22.6 Å². The average molecular weight is 233 g/mol. The van der Waals surface area contributed by atoms with E-state index in [-0.39, 0.29) is 19.0 Å². The maximum absolute atomic E-state index is 11.4. The molecule has 4 heteroatoms. The number of aliphatic hydroxyl groups excluding tert-OH is 1. The van der Waals surface area contributed by atoms with Crippen molar-refractivity contribution >= 4 is 5.97 Å². The molecule has 90 valence electrons. The largest absolute Gasteiger partial charge is 0.466 e. The molecule has 0 saturated carbocycles. The van der Waals surface area contributed by atoms with Gasteiger partial charge in [0.1, 0.15) is 0 Å². The number of aliphatic hydroxyl groups is 1. The molecule has 1 rings (SSSR count). The fraction of sp³-hybridized carbons (Fsp3) is 0.385. The molecule has 1 aromatic carbocycles. The standard InChI is InChI=1S/C13H15NO3/c1-3-17-13(16)6-10-4-9(2)5-11(8-15)12(10)7-14/h4-5,15H,3,6,8H2,1-2H3. The van der Waals surface area contributed by atoms with Crippen molar-refractivity contribution in [2.24, 2.45) is 0 Å². The summed E-state index contributed by atoms with van der Waals surface area (Å²) < 4.78 is 4.85. The van der Waals surface area contributed by atoms with E-state index in [1.54, 1.807) is 19.1 Å². The van der Waals surface area contributed by atoms with Crippen molar-refractivity contribution in [3.63, 3.8) is 0 Å². The van der Waals surface area contributed by atoms with Crippen molar-refractivity contribution < 1.29 is 14.6 Å². The zero-order chi connectivity index (χ0) is 12.8. The summed E-state index contributed by atoms with van der Waals surface area (Å²) in [5, 5.41) is 18.2. The van der Waals surface area contributed by atoms with Gasteiger partial charge in [0.15, 0.2) is 0 Å². The van der Waals surface area contributed by atoms with Gasteiger partial charge in [0.25, 0.3) is 0 Å². The number of hydrogen-bond donors (Lipinski definition) is 1. The van der Waals surface area contributed by atoms with Gasteiger partial charge in [0, 0.05) is 0 Å². The Kier molecular flexibility index (Phi) is 4.68. The molecule has 0 aliphatic rings. The molecular weight excluding hydrogens is 218 g/mol. The maximum atomic E-state index is 11.4. The second kappa shape index (κ2) is 6.02. The predicted octanol–water partition coefficient (Wildman–Crippen LogP) is 1.46. The number of esters is 1. The van der Waals surface area contributed by atoms with Crippen LogP contribution >= 0.6 is 0 Å². The molecule has 0 saturated heterocycles. The van der Waals surface area contributed by atoms with Crippen LogP contribution in [0.15, 0.2) is 12.1 Å². The molecule has 0 aromatic heterocycles. The Labute approximate surface area is 100 Å². The Balaban J connectivity index is 3.10. The fourth-order valence-electron chi connectivity index (χ4n) is 1.72. The van der Waals surface area contributed by atoms with Crippen molar-refractivity contribution in [2.45, 2.75) is 26.9 Å². The predicted molar refractivity (Wildman–Crippen MR) is 62.2 cm³/mol. The summed E-state index contributed by atoms with van der Waals surface area (Å²) in [6.45, 7) is 3.70. The van der Waals surface area contributed by atoms with Gasteiger partial charge in [-0.2, -0.15) is 5.26 Å². The maximum Gasteiger partial charge on any atom is 0.310 e. The third-order valence-corrected chi connectivity index (χ3v) is 2.37. The number of carbonyl (C=O) groups is 1. The Morgan fingerprint density at radius 1 is 1.47 bits per heavy atom. The summed E-state index contributed by atoms with van der Waals surface area (Å²) in [6.07, 6.45) is 0.0609. The number of rotatable bonds is 4. The minimum Gasteiger partial charge on any atom is -0.466 e. The Morgan fingerprint density at radius 2 is 2.12 bits per heavy atom. The molecule has 0 aliphatic heterocycles. The first-order valence-electron chi connectivity index (χ1n) is 5.41. The highest BCUT2D eigenvalue weighted by Gasteiger charge is 2.13. The lowest BCUT2D eigenvalue weighted by Crippen LogP contribution is -2.10. The topological polar surface area (TPSA) is 70.3 Å². The molecular formula is C13H15NO3. The van der Waals surface area contributed by atoms with Crippen molar-refractivity contribution in [1.82, 2.24) is 0 Å². The SMILES string of the molecule is CCOC(=O)Cc1cc(C)cc(CO)c1C#N. The van der Waals surface area contributed by atoms with Gasteiger partial charge in [-0.1, -0.05) is 17.7 Å². The first kappa shape index (κ1) is 13.2. The lowest BCUT2D eigenvalue weighted by atomic mass is 9.97. The van der Waals surface area contributed by atoms with Crippen LogP contribution in [-0.4, -0.2) is 17.7 Å². The van der Waals surface area contributed by atoms with Crippen LogP contribution in [0.25, 0.3) is 0 Å². The van der Waals surface area contributed by atoms with E-state index in [2.05, 4.69) is 0 Å². The third-order valence-electron chi connectivity index (χ3n) is 2.37. The summed E-state index contributed by atoms with van der Waals surface area (Å²) in [6, 6.07) is 5.54. The first-order chi connectivity index (χ1) is 8.12. The highest BCUT2D eigenvalue weighted by Crippen LogP contribution is 2.18. The van der Waals surface area contributed by atoms with E-state index in [4.69, 9.17) is 15.1 Å². The summed E-state index contributed by atoms with van der Waals surface area (Å²) in [5.74, 6) is -0.363. The van der Waals surface area contributed by atoms with E-state index in [0.717, 1.165) is 5.56 Å². The normalized spacial score (nSPS) is 9.76. The Bertz CT molecular complexity index is 460. The van der Waals surface area contributed by atoms with Crippen LogP contribution in [0.5, 0.6) is 0 Å². The van der Waals surface area contributed by atoms with Crippen LogP contribution in [0.2, 0.25) is 0 Å². The van der Waals surface area contributed by atoms with Gasteiger partial charge >= 0.3 is 5.97 Å². The van der Waals surface area contributed by atoms with Gasteiger partial charge in [-0.3, -0.25) is 4.79 Å². The van der Waals surface area contributed by atoms with Crippen LogP contribution in [0.4, 0.5) is 0 Å². The molecule has 1 aromatic rings. The second-order valence-electron chi connectivity index (χ2n) is 3.71. The number of aryl methyl sites for hydroxylation is 1. The lowest BCUT2D eigenvalue weighted by molar-refractivity contribution is -0.142. The summed E-state index contributed by atoms with van der Waals surface area (Å²) in [5.41, 5.74) is 2.43. The van der Waals surface area contributed by atoms with Crippen molar-refractivity contribution in [3.05, 3.63) is 34.4 Å². The van der Waals surface area contributed by atoms with Crippen molar-refractivity contribution in [2.75, 3.05) is 6.61 Å². The number of nitriles is 1. The van der Waals surface area contributed by atoms with E-state index >= 15 is 0 Å². The smallest absolute Gasteiger partial charge is 0.310 e. The summed E-state index contributed by atoms with van der Waals surface area (Å²) in [4.78, 5) is 11.4. The number of carbonyl (C=O) groups excluding carboxylic acids is 1. The van der Waals surface area contributed by atoms with Crippen molar-refractivity contribution in [1.29, 1.82) is 5.26 Å². The molecule has 1 N–H and O–H groups in total. The van der Waals surface area contributed by atoms with Crippen LogP contribution in [0.3, 0.4) is 0 Å². The molecule has 0 bridgehead atoms. The van der Waals surface area contributed by atoms with E-state index in [0.29, 0.717) is 23.3 Å². The molecule has 0 atom stereocenters. The van der Waals surface area contributed by atoms with E-state index < -0.39 is 0 Å². The molecule has 0 fully saturated rings. The highest BCUT2D eigenvalue weighted by molar-refractivity contribution is 5.74. The van der Waals surface area contributed by atoms with Crippen molar-refractivity contribution in [3.8, 4) is 6.07 Å². The highest BCUT2D eigenvalue weighted by atomic mass is 16.5. The molecule has 4 nitrogen and oxygen atoms in total. The van der Waals surface area contributed by atoms with Gasteiger partial charge in [-0.15, -0.1) is 0 Å². The van der Waals surface area contributed by atoms with Gasteiger partial charge in [-0.05, 0) is 25.0 Å². The molecule has 0 heterocycles. The number of ether oxygens (including phenoxy) is 1. The van der Waals surface area contributed by atoms with E-state index in [1.165, 1.54) is 0 Å². The molecule has 0 aliphatic carbocycles. The average Bonchev–Trinajstić information content (AvgIpc) is 2.28. The van der Waals surface area contributed by atoms with Crippen LogP contribution in [0.1, 0.15) is 29.2 Å². The Hall–Kier alpha value is -1.86. The minimum absolute atomic E-state index is 0.0609. The second-order valence-corrected chi connectivity index (χ2v) is 3.71. The van der Waals surface area contributed by atoms with E-state index in [9.17, 15) is 4.79 Å². The monoisotopic (exact) mass is 233 g/mol. The van der Waals surface area contributed by atoms with E-state index in [1.807, 2.05) is 13.0 Å². The zero-order valence-electron chi connectivity index (χ0n) is 9.99. The molecule has 0 amide bonds. The van der Waals surface area contributed by atoms with Crippen LogP contribution in [0, 0.1) is 18.3 Å². The fourth-order valence-corrected chi connectivity index (χ4v) is 1.72. The third kappa shape index (κ3) is 3.30. The van der Waals surface area contributed by atoms with Crippen LogP contribution < -0.4 is 0 Å². The molecule has 0 unspecified atom stereocenters. The first-order valence-corrected chi connectivity index (χ1v) is 5.41. The van der Waals surface area contributed by atoms with Gasteiger partial charge in [-0.25, -0.2) is 0 Å². The van der Waals surface area contributed by atoms with Gasteiger partial charge in [0.05, 0.1) is 31.3 Å². The molecule has 0 radical (unpaired) electrons. The molecule has 0 spiro atoms. The number of nitrogens with zero attached hydrogens (tertiary/aromatic N) is 1.